The molecule has 0 spiro atoms. The van der Waals surface area contributed by atoms with Crippen LogP contribution in [0.15, 0.2) is 42.7 Å². The number of rotatable bonds is 5. The van der Waals surface area contributed by atoms with Gasteiger partial charge in [-0.25, -0.2) is 0 Å². The number of nitrogens with zero attached hydrogens (tertiary/aromatic N) is 1. The Morgan fingerprint density at radius 1 is 1.04 bits per heavy atom. The van der Waals surface area contributed by atoms with E-state index in [1.54, 1.807) is 18.5 Å². The van der Waals surface area contributed by atoms with Crippen LogP contribution < -0.4 is 5.32 Å². The summed E-state index contributed by atoms with van der Waals surface area (Å²) in [6, 6.07) is 7.82. The number of benzene rings is 1. The average Bonchev–Trinajstić information content (AvgIpc) is 2.59. The number of aromatic nitrogens is 1. The van der Waals surface area contributed by atoms with E-state index in [1.807, 2.05) is 30.3 Å². The number of hydrogen-bond donors (Lipinski definition) is 2. The number of nitrogens with one attached hydrogen (secondary N) is 1. The minimum Gasteiger partial charge on any atom is -0.507 e. The lowest BCUT2D eigenvalue weighted by Crippen LogP contribution is -2.23. The van der Waals surface area contributed by atoms with Crippen molar-refractivity contribution in [1.82, 2.24) is 10.3 Å². The highest BCUT2D eigenvalue weighted by molar-refractivity contribution is 5.91. The SMILES string of the molecule is CC(C)(C)c1cc(C=CC(=O)NCCc2ccncc2)cc(C(C)(C)C)c1O. The molecule has 28 heavy (non-hydrogen) atoms. The van der Waals surface area contributed by atoms with Crippen LogP contribution in [0.2, 0.25) is 0 Å². The molecule has 150 valence electrons. The lowest BCUT2D eigenvalue weighted by Gasteiger charge is -2.27. The second-order valence-electron chi connectivity index (χ2n) is 9.19. The fraction of sp³-hybridized carbons (Fsp3) is 0.417. The van der Waals surface area contributed by atoms with Gasteiger partial charge in [0.1, 0.15) is 5.75 Å². The van der Waals surface area contributed by atoms with Gasteiger partial charge in [0.05, 0.1) is 0 Å². The predicted molar refractivity (Wildman–Crippen MR) is 115 cm³/mol. The zero-order valence-electron chi connectivity index (χ0n) is 17.8. The summed E-state index contributed by atoms with van der Waals surface area (Å²) in [6.45, 7) is 13.0. The van der Waals surface area contributed by atoms with Gasteiger partial charge in [0.2, 0.25) is 5.91 Å². The third kappa shape index (κ3) is 5.95. The van der Waals surface area contributed by atoms with Crippen LogP contribution in [-0.2, 0) is 22.0 Å². The van der Waals surface area contributed by atoms with E-state index in [0.717, 1.165) is 28.7 Å². The van der Waals surface area contributed by atoms with E-state index in [4.69, 9.17) is 0 Å². The molecule has 1 heterocycles. The zero-order valence-corrected chi connectivity index (χ0v) is 17.8. The van der Waals surface area contributed by atoms with Crippen LogP contribution in [0.25, 0.3) is 6.08 Å². The highest BCUT2D eigenvalue weighted by Crippen LogP contribution is 2.39. The summed E-state index contributed by atoms with van der Waals surface area (Å²) < 4.78 is 0. The number of carbonyl (C=O) groups is 1. The molecular weight excluding hydrogens is 348 g/mol. The van der Waals surface area contributed by atoms with Gasteiger partial charge in [-0.2, -0.15) is 0 Å². The van der Waals surface area contributed by atoms with Crippen LogP contribution in [0.1, 0.15) is 63.8 Å². The Morgan fingerprint density at radius 3 is 2.07 bits per heavy atom. The van der Waals surface area contributed by atoms with E-state index in [-0.39, 0.29) is 16.7 Å². The third-order valence-corrected chi connectivity index (χ3v) is 4.64. The van der Waals surface area contributed by atoms with Crippen LogP contribution in [0, 0.1) is 0 Å². The third-order valence-electron chi connectivity index (χ3n) is 4.64. The number of aromatic hydroxyl groups is 1. The molecule has 0 saturated carbocycles. The lowest BCUT2D eigenvalue weighted by molar-refractivity contribution is -0.116. The largest absolute Gasteiger partial charge is 0.507 e. The van der Waals surface area contributed by atoms with E-state index < -0.39 is 0 Å². The van der Waals surface area contributed by atoms with Crippen LogP contribution in [0.5, 0.6) is 5.75 Å². The van der Waals surface area contributed by atoms with Gasteiger partial charge in [-0.15, -0.1) is 0 Å². The molecule has 0 fully saturated rings. The van der Waals surface area contributed by atoms with Crippen LogP contribution in [-0.4, -0.2) is 22.5 Å². The highest BCUT2D eigenvalue weighted by Gasteiger charge is 2.26. The van der Waals surface area contributed by atoms with Crippen molar-refractivity contribution in [2.45, 2.75) is 58.8 Å². The van der Waals surface area contributed by atoms with Gasteiger partial charge in [-0.05, 0) is 58.7 Å². The summed E-state index contributed by atoms with van der Waals surface area (Å²) >= 11 is 0. The Bertz CT molecular complexity index is 806. The Morgan fingerprint density at radius 2 is 1.57 bits per heavy atom. The topological polar surface area (TPSA) is 62.2 Å². The lowest BCUT2D eigenvalue weighted by atomic mass is 9.78. The second kappa shape index (κ2) is 8.59. The smallest absolute Gasteiger partial charge is 0.244 e. The summed E-state index contributed by atoms with van der Waals surface area (Å²) in [5.74, 6) is 0.218. The molecule has 2 N–H and O–H groups in total. The number of phenolic OH excluding ortho intramolecular Hbond substituents is 1. The first kappa shape index (κ1) is 21.7. The van der Waals surface area contributed by atoms with Crippen molar-refractivity contribution in [2.24, 2.45) is 0 Å². The van der Waals surface area contributed by atoms with Crippen molar-refractivity contribution in [2.75, 3.05) is 6.54 Å². The second-order valence-corrected chi connectivity index (χ2v) is 9.19. The molecule has 2 rings (SSSR count). The molecule has 0 bridgehead atoms. The Labute approximate surface area is 168 Å². The fourth-order valence-corrected chi connectivity index (χ4v) is 3.01. The van der Waals surface area contributed by atoms with Crippen LogP contribution >= 0.6 is 0 Å². The fourth-order valence-electron chi connectivity index (χ4n) is 3.01. The maximum Gasteiger partial charge on any atom is 0.244 e. The molecule has 1 aromatic heterocycles. The molecule has 0 aliphatic rings. The number of pyridine rings is 1. The maximum absolute atomic E-state index is 12.2. The monoisotopic (exact) mass is 380 g/mol. The maximum atomic E-state index is 12.2. The summed E-state index contributed by atoms with van der Waals surface area (Å²) in [6.07, 6.45) is 7.64. The number of carbonyl (C=O) groups excluding carboxylic acids is 1. The highest BCUT2D eigenvalue weighted by atomic mass is 16.3. The van der Waals surface area contributed by atoms with E-state index >= 15 is 0 Å². The van der Waals surface area contributed by atoms with Crippen molar-refractivity contribution < 1.29 is 9.90 Å². The van der Waals surface area contributed by atoms with Crippen LogP contribution in [0.3, 0.4) is 0 Å². The minimum absolute atomic E-state index is 0.128. The van der Waals surface area contributed by atoms with Gasteiger partial charge < -0.3 is 10.4 Å². The van der Waals surface area contributed by atoms with Gasteiger partial charge in [-0.3, -0.25) is 9.78 Å². The first-order valence-electron chi connectivity index (χ1n) is 9.71. The molecule has 4 nitrogen and oxygen atoms in total. The average molecular weight is 381 g/mol. The van der Waals surface area contributed by atoms with E-state index in [1.165, 1.54) is 0 Å². The Kier molecular flexibility index (Phi) is 6.65. The first-order valence-corrected chi connectivity index (χ1v) is 9.71. The summed E-state index contributed by atoms with van der Waals surface area (Å²) in [5.41, 5.74) is 3.44. The predicted octanol–water partition coefficient (Wildman–Crippen LogP) is 4.75. The molecule has 0 atom stereocenters. The van der Waals surface area contributed by atoms with E-state index in [9.17, 15) is 9.90 Å². The van der Waals surface area contributed by atoms with Gasteiger partial charge in [0.15, 0.2) is 0 Å². The van der Waals surface area contributed by atoms with Gasteiger partial charge in [0.25, 0.3) is 0 Å². The molecule has 1 amide bonds. The number of amides is 1. The molecule has 0 saturated heterocycles. The van der Waals surface area contributed by atoms with Gasteiger partial charge >= 0.3 is 0 Å². The molecule has 0 unspecified atom stereocenters. The zero-order chi connectivity index (χ0) is 20.9. The minimum atomic E-state index is -0.194. The summed E-state index contributed by atoms with van der Waals surface area (Å²) in [7, 11) is 0. The van der Waals surface area contributed by atoms with Crippen molar-refractivity contribution in [3.63, 3.8) is 0 Å². The molecule has 1 aromatic carbocycles. The van der Waals surface area contributed by atoms with E-state index in [2.05, 4.69) is 51.8 Å². The molecule has 0 aliphatic carbocycles. The van der Waals surface area contributed by atoms with Crippen molar-refractivity contribution in [1.29, 1.82) is 0 Å². The Hall–Kier alpha value is -2.62. The van der Waals surface area contributed by atoms with Crippen molar-refractivity contribution in [3.8, 4) is 5.75 Å². The standard InChI is InChI=1S/C24H32N2O2/c1-23(2,3)19-15-18(16-20(22(19)28)24(4,5)6)7-8-21(27)26-14-11-17-9-12-25-13-10-17/h7-10,12-13,15-16,28H,11,14H2,1-6H3,(H,26,27). The molecule has 2 aromatic rings. The van der Waals surface area contributed by atoms with E-state index in [0.29, 0.717) is 12.3 Å². The summed E-state index contributed by atoms with van der Waals surface area (Å²) in [5, 5.41) is 13.7. The number of hydrogen-bond acceptors (Lipinski definition) is 3. The first-order chi connectivity index (χ1) is 13.0. The molecule has 4 heteroatoms. The van der Waals surface area contributed by atoms with Gasteiger partial charge in [0, 0.05) is 36.1 Å². The normalized spacial score (nSPS) is 12.4. The molecule has 0 radical (unpaired) electrons. The van der Waals surface area contributed by atoms with Crippen LogP contribution in [0.4, 0.5) is 0 Å². The van der Waals surface area contributed by atoms with Crippen molar-refractivity contribution >= 4 is 12.0 Å². The quantitative estimate of drug-likeness (QED) is 0.736. The summed E-state index contributed by atoms with van der Waals surface area (Å²) in [4.78, 5) is 16.2. The number of phenols is 1. The van der Waals surface area contributed by atoms with Gasteiger partial charge in [-0.1, -0.05) is 41.5 Å². The molecular formula is C24H32N2O2. The molecule has 0 aliphatic heterocycles. The van der Waals surface area contributed by atoms with Crippen molar-refractivity contribution in [3.05, 3.63) is 65.0 Å². The Balaban J connectivity index is 2.14.